The van der Waals surface area contributed by atoms with E-state index in [1.807, 2.05) is 0 Å². The Morgan fingerprint density at radius 1 is 0.692 bits per heavy atom. The van der Waals surface area contributed by atoms with E-state index in [1.54, 1.807) is 5.48 Å². The van der Waals surface area contributed by atoms with Crippen LogP contribution in [0.4, 0.5) is 4.79 Å². The van der Waals surface area contributed by atoms with Gasteiger partial charge in [0.15, 0.2) is 5.96 Å². The summed E-state index contributed by atoms with van der Waals surface area (Å²) in [6.07, 6.45) is 2.64. The Morgan fingerprint density at radius 3 is 1.36 bits per heavy atom. The molecule has 0 saturated carbocycles. The number of nitrogens with one attached hydrogen (secondary N) is 3. The number of urea groups is 1. The van der Waals surface area contributed by atoms with Gasteiger partial charge >= 0.3 is 23.9 Å². The van der Waals surface area contributed by atoms with Gasteiger partial charge in [0.05, 0.1) is 0 Å². The van der Waals surface area contributed by atoms with Crippen LogP contribution in [0.1, 0.15) is 38.5 Å². The van der Waals surface area contributed by atoms with E-state index in [9.17, 15) is 19.2 Å². The predicted octanol–water partition coefficient (Wildman–Crippen LogP) is -3.90. The van der Waals surface area contributed by atoms with Gasteiger partial charge in [-0.05, 0) is 38.5 Å². The molecule has 0 bridgehead atoms. The predicted molar refractivity (Wildman–Crippen MR) is 140 cm³/mol. The molecule has 0 aliphatic heterocycles. The van der Waals surface area contributed by atoms with Crippen molar-refractivity contribution in [2.24, 2.45) is 50.1 Å². The highest BCUT2D eigenvalue weighted by Crippen LogP contribution is 1.95. The zero-order chi connectivity index (χ0) is 31.4. The van der Waals surface area contributed by atoms with Crippen LogP contribution < -0.4 is 50.9 Å². The molecule has 0 unspecified atom stereocenters. The van der Waals surface area contributed by atoms with Crippen molar-refractivity contribution >= 4 is 35.9 Å². The number of nitroso groups, excluding NO2 is 1. The fourth-order valence-electron chi connectivity index (χ4n) is 1.97. The fraction of sp³-hybridized carbons (Fsp3) is 0.667. The number of carboxylic acid groups (broad SMARTS) is 3. The Labute approximate surface area is 223 Å². The van der Waals surface area contributed by atoms with E-state index in [0.717, 1.165) is 0 Å². The maximum absolute atomic E-state index is 10.2. The number of hydroxylamine groups is 1. The molecule has 0 rings (SSSR count). The second-order valence-corrected chi connectivity index (χ2v) is 7.24. The lowest BCUT2D eigenvalue weighted by molar-refractivity contribution is -0.139. The van der Waals surface area contributed by atoms with Crippen molar-refractivity contribution in [2.75, 3.05) is 19.6 Å². The van der Waals surface area contributed by atoms with E-state index >= 15 is 0 Å². The number of hydrogen-bond donors (Lipinski definition) is 14. The molecule has 2 amide bonds. The van der Waals surface area contributed by atoms with Gasteiger partial charge in [-0.25, -0.2) is 10.3 Å². The van der Waals surface area contributed by atoms with Crippen LogP contribution >= 0.6 is 0 Å². The topological polar surface area (TPSA) is 421 Å². The number of guanidine groups is 2. The first-order valence-electron chi connectivity index (χ1n) is 11.1. The molecule has 0 aromatic heterocycles. The second kappa shape index (κ2) is 28.2. The number of nitrogens with two attached hydrogens (primary N) is 7. The van der Waals surface area contributed by atoms with Crippen LogP contribution in [-0.4, -0.2) is 94.1 Å². The third-order valence-corrected chi connectivity index (χ3v) is 3.98. The highest BCUT2D eigenvalue weighted by atomic mass is 16.5. The maximum Gasteiger partial charge on any atom is 0.320 e. The number of amides is 2. The van der Waals surface area contributed by atoms with Crippen molar-refractivity contribution in [1.29, 1.82) is 5.59 Å². The Hall–Kier alpha value is -4.34. The Kier molecular flexibility index (Phi) is 30.2. The Balaban J connectivity index is -0.000000228. The van der Waals surface area contributed by atoms with Crippen LogP contribution in [0.3, 0.4) is 0 Å². The third-order valence-electron chi connectivity index (χ3n) is 3.98. The van der Waals surface area contributed by atoms with Crippen molar-refractivity contribution in [3.8, 4) is 0 Å². The number of primary amides is 1. The van der Waals surface area contributed by atoms with Crippen molar-refractivity contribution in [2.45, 2.75) is 56.7 Å². The summed E-state index contributed by atoms with van der Waals surface area (Å²) in [6, 6.07) is -3.16. The van der Waals surface area contributed by atoms with Gasteiger partial charge in [-0.2, -0.15) is 4.91 Å². The molecule has 0 saturated heterocycles. The summed E-state index contributed by atoms with van der Waals surface area (Å²) in [7, 11) is 0. The van der Waals surface area contributed by atoms with Gasteiger partial charge < -0.3 is 60.8 Å². The summed E-state index contributed by atoms with van der Waals surface area (Å²) in [6.45, 7) is 1.11. The van der Waals surface area contributed by atoms with Gasteiger partial charge in [-0.3, -0.25) is 29.6 Å². The highest BCUT2D eigenvalue weighted by Gasteiger charge is 2.11. The van der Waals surface area contributed by atoms with Gasteiger partial charge in [0, 0.05) is 19.6 Å². The zero-order valence-electron chi connectivity index (χ0n) is 21.4. The molecule has 0 fully saturated rings. The summed E-state index contributed by atoms with van der Waals surface area (Å²) < 4.78 is 0. The van der Waals surface area contributed by atoms with Gasteiger partial charge in [-0.15, -0.1) is 0 Å². The largest absolute Gasteiger partial charge is 0.480 e. The van der Waals surface area contributed by atoms with E-state index < -0.39 is 42.1 Å². The second-order valence-electron chi connectivity index (χ2n) is 7.24. The van der Waals surface area contributed by atoms with Crippen molar-refractivity contribution in [1.82, 2.24) is 10.8 Å². The van der Waals surface area contributed by atoms with Crippen LogP contribution in [0.2, 0.25) is 0 Å². The summed E-state index contributed by atoms with van der Waals surface area (Å²) in [5.74, 6) is -3.14. The minimum atomic E-state index is -1.03. The van der Waals surface area contributed by atoms with E-state index in [-0.39, 0.29) is 11.9 Å². The molecule has 0 aliphatic rings. The standard InChI is InChI=1S/C6H14N4O3.C6H14N4O2.C6H13N3O3.HNO/c7-4(5(11)12)2-1-3-9-6(8)10-13;7-4(5(11)12)2-1-3-10-6(8)9;7-4(5(10)11)2-1-3-9-6(8)12;1-2/h4,13H,1-3,7H2,(H,11,12)(H3,8,9,10);4H,1-3,7H2,(H,11,12)(H4,8,9,10);4H,1-3,7H2,(H,10,11)(H3,8,9,12);1H/t3*4-;/m000./s1. The molecule has 3 atom stereocenters. The zero-order valence-corrected chi connectivity index (χ0v) is 21.4. The van der Waals surface area contributed by atoms with E-state index in [0.29, 0.717) is 58.2 Å². The molecule has 0 aromatic rings. The summed E-state index contributed by atoms with van der Waals surface area (Å²) in [4.78, 5) is 55.6. The SMILES string of the molecule is N=O.NC(=NCCC[C@H](N)C(=O)O)NO.NC(=O)NCCC[C@H](N)C(=O)O.NC(N)=NCCC[C@H](N)C(=O)O. The number of aliphatic imine (C=N–C) groups is 2. The minimum Gasteiger partial charge on any atom is -0.480 e. The first kappa shape index (κ1) is 41.8. The Bertz CT molecular complexity index is 751. The molecule has 0 aromatic carbocycles. The molecule has 0 heterocycles. The van der Waals surface area contributed by atoms with Gasteiger partial charge in [0.25, 0.3) is 0 Å². The lowest BCUT2D eigenvalue weighted by Gasteiger charge is -2.05. The average molecular weight is 571 g/mol. The number of rotatable bonds is 15. The number of carbonyl (C=O) groups is 4. The van der Waals surface area contributed by atoms with Crippen LogP contribution in [-0.2, 0) is 14.4 Å². The normalized spacial score (nSPS) is 12.2. The number of hydrogen-bond acceptors (Lipinski definition) is 12. The van der Waals surface area contributed by atoms with Crippen LogP contribution in [0.5, 0.6) is 0 Å². The summed E-state index contributed by atoms with van der Waals surface area (Å²) in [5, 5.41) is 35.7. The van der Waals surface area contributed by atoms with Gasteiger partial charge in [-0.1, -0.05) is 5.59 Å². The van der Waals surface area contributed by atoms with Crippen molar-refractivity contribution in [3.63, 3.8) is 0 Å². The molecule has 0 spiro atoms. The van der Waals surface area contributed by atoms with Crippen LogP contribution in [0, 0.1) is 10.5 Å². The monoisotopic (exact) mass is 570 g/mol. The minimum absolute atomic E-state index is 0.0129. The van der Waals surface area contributed by atoms with E-state index in [2.05, 4.69) is 20.9 Å². The molecule has 0 radical (unpaired) electrons. The smallest absolute Gasteiger partial charge is 0.320 e. The van der Waals surface area contributed by atoms with Gasteiger partial charge in [0.1, 0.15) is 18.1 Å². The number of aliphatic carboxylic acids is 3. The molecule has 228 valence electrons. The van der Waals surface area contributed by atoms with Crippen molar-refractivity contribution < 1.29 is 39.7 Å². The molecule has 21 N–H and O–H groups in total. The summed E-state index contributed by atoms with van der Waals surface area (Å²) >= 11 is 0. The number of nitrogens with zero attached hydrogens (tertiary/aromatic N) is 2. The lowest BCUT2D eigenvalue weighted by Crippen LogP contribution is -2.33. The van der Waals surface area contributed by atoms with Crippen LogP contribution in [0.25, 0.3) is 0 Å². The van der Waals surface area contributed by atoms with E-state index in [4.69, 9.17) is 65.6 Å². The molecule has 21 nitrogen and oxygen atoms in total. The lowest BCUT2D eigenvalue weighted by atomic mass is 10.2. The molecule has 39 heavy (non-hydrogen) atoms. The van der Waals surface area contributed by atoms with E-state index in [1.165, 1.54) is 0 Å². The first-order valence-corrected chi connectivity index (χ1v) is 11.1. The van der Waals surface area contributed by atoms with Crippen molar-refractivity contribution in [3.05, 3.63) is 4.91 Å². The number of carboxylic acids is 3. The fourth-order valence-corrected chi connectivity index (χ4v) is 1.97. The molecule has 0 aliphatic carbocycles. The number of carbonyl (C=O) groups excluding carboxylic acids is 1. The summed E-state index contributed by atoms with van der Waals surface area (Å²) in [5.41, 5.74) is 41.8. The maximum atomic E-state index is 10.2. The van der Waals surface area contributed by atoms with Crippen LogP contribution in [0.15, 0.2) is 9.98 Å². The molecular formula is C18H42N12O9. The third kappa shape index (κ3) is 35.9. The molecular weight excluding hydrogens is 528 g/mol. The quantitative estimate of drug-likeness (QED) is 0.0294. The first-order chi connectivity index (χ1) is 18.1. The Morgan fingerprint density at radius 2 is 1.05 bits per heavy atom. The average Bonchev–Trinajstić information content (AvgIpc) is 2.87. The highest BCUT2D eigenvalue weighted by molar-refractivity contribution is 5.76. The molecule has 21 heteroatoms. The van der Waals surface area contributed by atoms with Gasteiger partial charge in [0.2, 0.25) is 5.96 Å².